The van der Waals surface area contributed by atoms with E-state index in [1.807, 2.05) is 0 Å². The van der Waals surface area contributed by atoms with E-state index < -0.39 is 18.5 Å². The first kappa shape index (κ1) is 14.5. The Balaban J connectivity index is 1.90. The van der Waals surface area contributed by atoms with Crippen molar-refractivity contribution >= 4 is 5.91 Å². The lowest BCUT2D eigenvalue weighted by molar-refractivity contribution is -0.163. The van der Waals surface area contributed by atoms with E-state index in [0.29, 0.717) is 25.3 Å². The molecule has 1 aromatic rings. The highest BCUT2D eigenvalue weighted by Gasteiger charge is 2.35. The molecule has 20 heavy (non-hydrogen) atoms. The molecule has 0 N–H and O–H groups in total. The fourth-order valence-corrected chi connectivity index (χ4v) is 2.07. The lowest BCUT2D eigenvalue weighted by Crippen LogP contribution is -2.45. The molecule has 1 fully saturated rings. The fraction of sp³-hybridized carbons (Fsp3) is 0.583. The molecule has 0 bridgehead atoms. The third-order valence-electron chi connectivity index (χ3n) is 2.92. The smallest absolute Gasteiger partial charge is 0.397 e. The molecule has 1 unspecified atom stereocenters. The summed E-state index contributed by atoms with van der Waals surface area (Å²) >= 11 is 0. The van der Waals surface area contributed by atoms with Crippen molar-refractivity contribution in [2.24, 2.45) is 0 Å². The van der Waals surface area contributed by atoms with E-state index in [1.54, 1.807) is 12.1 Å². The van der Waals surface area contributed by atoms with Gasteiger partial charge in [-0.25, -0.2) is 0 Å². The Morgan fingerprint density at radius 3 is 2.95 bits per heavy atom. The molecule has 0 aliphatic carbocycles. The fourth-order valence-electron chi connectivity index (χ4n) is 2.07. The molecule has 0 aromatic carbocycles. The zero-order valence-electron chi connectivity index (χ0n) is 10.6. The normalized spacial score (nSPS) is 19.8. The van der Waals surface area contributed by atoms with E-state index in [-0.39, 0.29) is 12.6 Å². The number of piperidine rings is 1. The van der Waals surface area contributed by atoms with E-state index in [4.69, 9.17) is 4.74 Å². The molecule has 1 aliphatic heterocycles. The Kier molecular flexibility index (Phi) is 4.41. The summed E-state index contributed by atoms with van der Waals surface area (Å²) in [5.41, 5.74) is 0. The first-order chi connectivity index (χ1) is 9.44. The van der Waals surface area contributed by atoms with Crippen molar-refractivity contribution in [3.63, 3.8) is 0 Å². The van der Waals surface area contributed by atoms with Crippen molar-refractivity contribution in [3.05, 3.63) is 18.3 Å². The van der Waals surface area contributed by atoms with Gasteiger partial charge in [0.25, 0.3) is 0 Å². The Labute approximate surface area is 113 Å². The van der Waals surface area contributed by atoms with Crippen molar-refractivity contribution in [1.82, 2.24) is 15.1 Å². The molecule has 2 heterocycles. The van der Waals surface area contributed by atoms with Crippen LogP contribution < -0.4 is 4.74 Å². The number of halogens is 3. The minimum absolute atomic E-state index is 0.144. The average Bonchev–Trinajstić information content (AvgIpc) is 2.38. The molecule has 1 aliphatic rings. The van der Waals surface area contributed by atoms with Gasteiger partial charge in [-0.1, -0.05) is 0 Å². The van der Waals surface area contributed by atoms with E-state index in [1.165, 1.54) is 11.1 Å². The van der Waals surface area contributed by atoms with Gasteiger partial charge in [-0.15, -0.1) is 5.10 Å². The summed E-state index contributed by atoms with van der Waals surface area (Å²) in [6, 6.07) is 3.27. The molecule has 0 saturated carbocycles. The quantitative estimate of drug-likeness (QED) is 0.851. The molecule has 0 spiro atoms. The van der Waals surface area contributed by atoms with Crippen molar-refractivity contribution in [1.29, 1.82) is 0 Å². The number of nitrogens with zero attached hydrogens (tertiary/aromatic N) is 3. The van der Waals surface area contributed by atoms with Crippen molar-refractivity contribution in [2.45, 2.75) is 31.5 Å². The standard InChI is InChI=1S/C12H14F3N3O2/c13-12(14,15)7-11(19)18-6-2-3-9(8-18)20-10-4-1-5-16-17-10/h1,4-5,9H,2-3,6-8H2. The molecule has 0 radical (unpaired) electrons. The molecule has 8 heteroatoms. The maximum atomic E-state index is 12.2. The number of likely N-dealkylation sites (tertiary alicyclic amines) is 1. The highest BCUT2D eigenvalue weighted by Crippen LogP contribution is 2.23. The number of aromatic nitrogens is 2. The van der Waals surface area contributed by atoms with Crippen LogP contribution in [-0.2, 0) is 4.79 Å². The van der Waals surface area contributed by atoms with Gasteiger partial charge in [-0.2, -0.15) is 18.3 Å². The third kappa shape index (κ3) is 4.36. The minimum atomic E-state index is -4.48. The number of ether oxygens (including phenoxy) is 1. The molecule has 1 saturated heterocycles. The molecule has 1 atom stereocenters. The Hall–Kier alpha value is -1.86. The number of carbonyl (C=O) groups excluding carboxylic acids is 1. The number of hydrogen-bond donors (Lipinski definition) is 0. The zero-order chi connectivity index (χ0) is 14.6. The second kappa shape index (κ2) is 6.06. The van der Waals surface area contributed by atoms with Crippen LogP contribution in [0.1, 0.15) is 19.3 Å². The van der Waals surface area contributed by atoms with Crippen LogP contribution in [0.3, 0.4) is 0 Å². The van der Waals surface area contributed by atoms with Crippen molar-refractivity contribution in [3.8, 4) is 5.88 Å². The molecule has 1 aromatic heterocycles. The minimum Gasteiger partial charge on any atom is -0.471 e. The SMILES string of the molecule is O=C(CC(F)(F)F)N1CCCC(Oc2cccnn2)C1. The number of carbonyl (C=O) groups is 1. The van der Waals surface area contributed by atoms with Gasteiger partial charge in [-0.05, 0) is 18.9 Å². The topological polar surface area (TPSA) is 55.3 Å². The maximum Gasteiger partial charge on any atom is 0.397 e. The number of rotatable bonds is 3. The van der Waals surface area contributed by atoms with Gasteiger partial charge in [0.05, 0.1) is 6.54 Å². The van der Waals surface area contributed by atoms with E-state index in [9.17, 15) is 18.0 Å². The highest BCUT2D eigenvalue weighted by molar-refractivity contribution is 5.77. The Bertz CT molecular complexity index is 453. The van der Waals surface area contributed by atoms with Crippen LogP contribution in [0.5, 0.6) is 5.88 Å². The first-order valence-electron chi connectivity index (χ1n) is 6.23. The van der Waals surface area contributed by atoms with Crippen LogP contribution >= 0.6 is 0 Å². The summed E-state index contributed by atoms with van der Waals surface area (Å²) < 4.78 is 42.1. The first-order valence-corrected chi connectivity index (χ1v) is 6.23. The largest absolute Gasteiger partial charge is 0.471 e. The van der Waals surface area contributed by atoms with Crippen LogP contribution in [0.15, 0.2) is 18.3 Å². The second-order valence-electron chi connectivity index (χ2n) is 4.58. The van der Waals surface area contributed by atoms with Gasteiger partial charge >= 0.3 is 6.18 Å². The van der Waals surface area contributed by atoms with E-state index >= 15 is 0 Å². The summed E-state index contributed by atoms with van der Waals surface area (Å²) in [5, 5.41) is 7.39. The van der Waals surface area contributed by atoms with Gasteiger partial charge in [0.2, 0.25) is 11.8 Å². The maximum absolute atomic E-state index is 12.2. The molecule has 1 amide bonds. The number of hydrogen-bond acceptors (Lipinski definition) is 4. The van der Waals surface area contributed by atoms with Crippen LogP contribution in [0.2, 0.25) is 0 Å². The zero-order valence-corrected chi connectivity index (χ0v) is 10.6. The molecule has 2 rings (SSSR count). The van der Waals surface area contributed by atoms with E-state index in [2.05, 4.69) is 10.2 Å². The van der Waals surface area contributed by atoms with Gasteiger partial charge in [0.1, 0.15) is 12.5 Å². The Morgan fingerprint density at radius 2 is 2.30 bits per heavy atom. The van der Waals surface area contributed by atoms with Crippen molar-refractivity contribution < 1.29 is 22.7 Å². The summed E-state index contributed by atoms with van der Waals surface area (Å²) in [7, 11) is 0. The predicted molar refractivity (Wildman–Crippen MR) is 62.9 cm³/mol. The van der Waals surface area contributed by atoms with Crippen molar-refractivity contribution in [2.75, 3.05) is 13.1 Å². The van der Waals surface area contributed by atoms with Crippen LogP contribution in [0, 0.1) is 0 Å². The predicted octanol–water partition coefficient (Wildman–Crippen LogP) is 1.80. The molecular formula is C12H14F3N3O2. The monoisotopic (exact) mass is 289 g/mol. The lowest BCUT2D eigenvalue weighted by Gasteiger charge is -2.32. The van der Waals surface area contributed by atoms with Gasteiger partial charge in [-0.3, -0.25) is 4.79 Å². The van der Waals surface area contributed by atoms with Gasteiger partial charge in [0.15, 0.2) is 0 Å². The number of amides is 1. The summed E-state index contributed by atoms with van der Waals surface area (Å²) in [6.45, 7) is 0.473. The molecular weight excluding hydrogens is 275 g/mol. The second-order valence-corrected chi connectivity index (χ2v) is 4.58. The average molecular weight is 289 g/mol. The molecule has 5 nitrogen and oxygen atoms in total. The summed E-state index contributed by atoms with van der Waals surface area (Å²) in [5.74, 6) is -0.604. The molecule has 110 valence electrons. The van der Waals surface area contributed by atoms with Crippen LogP contribution in [-0.4, -0.2) is 46.4 Å². The number of alkyl halides is 3. The van der Waals surface area contributed by atoms with Crippen LogP contribution in [0.25, 0.3) is 0 Å². The van der Waals surface area contributed by atoms with Gasteiger partial charge in [0, 0.05) is 18.8 Å². The van der Waals surface area contributed by atoms with Crippen LogP contribution in [0.4, 0.5) is 13.2 Å². The lowest BCUT2D eigenvalue weighted by atomic mass is 10.1. The highest BCUT2D eigenvalue weighted by atomic mass is 19.4. The third-order valence-corrected chi connectivity index (χ3v) is 2.92. The summed E-state index contributed by atoms with van der Waals surface area (Å²) in [6.07, 6.45) is -3.48. The van der Waals surface area contributed by atoms with E-state index in [0.717, 1.165) is 0 Å². The summed E-state index contributed by atoms with van der Waals surface area (Å²) in [4.78, 5) is 12.7. The Morgan fingerprint density at radius 1 is 1.50 bits per heavy atom. The van der Waals surface area contributed by atoms with Gasteiger partial charge < -0.3 is 9.64 Å².